The normalized spacial score (nSPS) is 10.5. The van der Waals surface area contributed by atoms with Crippen LogP contribution < -0.4 is 5.32 Å². The Bertz CT molecular complexity index is 819. The molecule has 1 N–H and O–H groups in total. The van der Waals surface area contributed by atoms with Gasteiger partial charge in [-0.2, -0.15) is 0 Å². The summed E-state index contributed by atoms with van der Waals surface area (Å²) >= 11 is 11.7. The molecule has 3 aromatic rings. The monoisotopic (exact) mass is 333 g/mol. The van der Waals surface area contributed by atoms with Crippen LogP contribution in [0.2, 0.25) is 10.0 Å². The Morgan fingerprint density at radius 3 is 2.50 bits per heavy atom. The highest BCUT2D eigenvalue weighted by Gasteiger charge is 2.16. The molecule has 3 rings (SSSR count). The smallest absolute Gasteiger partial charge is 0.313 e. The molecule has 0 radical (unpaired) electrons. The Morgan fingerprint density at radius 1 is 1.00 bits per heavy atom. The number of carbonyl (C=O) groups is 1. The van der Waals surface area contributed by atoms with E-state index in [1.54, 1.807) is 12.1 Å². The van der Waals surface area contributed by atoms with Crippen molar-refractivity contribution in [1.82, 2.24) is 10.2 Å². The van der Waals surface area contributed by atoms with Crippen molar-refractivity contribution in [3.8, 4) is 11.5 Å². The molecule has 110 valence electrons. The first-order chi connectivity index (χ1) is 10.6. The summed E-state index contributed by atoms with van der Waals surface area (Å²) in [4.78, 5) is 12.1. The highest BCUT2D eigenvalue weighted by molar-refractivity contribution is 6.42. The molecule has 22 heavy (non-hydrogen) atoms. The van der Waals surface area contributed by atoms with Crippen LogP contribution in [0.15, 0.2) is 52.9 Å². The van der Waals surface area contributed by atoms with Crippen molar-refractivity contribution in [1.29, 1.82) is 0 Å². The van der Waals surface area contributed by atoms with Gasteiger partial charge >= 0.3 is 11.8 Å². The van der Waals surface area contributed by atoms with Crippen molar-refractivity contribution >= 4 is 34.8 Å². The molecule has 0 atom stereocenters. The van der Waals surface area contributed by atoms with Crippen LogP contribution in [0.4, 0.5) is 5.69 Å². The summed E-state index contributed by atoms with van der Waals surface area (Å²) in [5.74, 6) is -0.377. The van der Waals surface area contributed by atoms with Crippen molar-refractivity contribution in [3.63, 3.8) is 0 Å². The van der Waals surface area contributed by atoms with Crippen LogP contribution in [-0.2, 0) is 0 Å². The molecule has 2 aromatic carbocycles. The molecular formula is C15H9Cl2N3O2. The topological polar surface area (TPSA) is 68.0 Å². The maximum Gasteiger partial charge on any atom is 0.313 e. The lowest BCUT2D eigenvalue weighted by Crippen LogP contribution is -2.12. The summed E-state index contributed by atoms with van der Waals surface area (Å²) in [6, 6.07) is 13.9. The van der Waals surface area contributed by atoms with Gasteiger partial charge < -0.3 is 9.73 Å². The van der Waals surface area contributed by atoms with Crippen molar-refractivity contribution in [2.24, 2.45) is 0 Å². The molecule has 0 aliphatic carbocycles. The molecule has 1 heterocycles. The predicted octanol–water partition coefficient (Wildman–Crippen LogP) is 4.30. The zero-order chi connectivity index (χ0) is 15.5. The standard InChI is InChI=1S/C15H9Cl2N3O2/c16-11-7-6-10(8-12(11)17)18-13(21)15-20-19-14(22-15)9-4-2-1-3-5-9/h1-8H,(H,18,21). The molecule has 0 saturated heterocycles. The third kappa shape index (κ3) is 3.10. The second-order valence-corrected chi connectivity index (χ2v) is 5.18. The van der Waals surface area contributed by atoms with Crippen LogP contribution in [0.3, 0.4) is 0 Å². The average molecular weight is 334 g/mol. The van der Waals surface area contributed by atoms with E-state index in [0.29, 0.717) is 15.7 Å². The van der Waals surface area contributed by atoms with E-state index < -0.39 is 5.91 Å². The molecule has 0 saturated carbocycles. The first-order valence-electron chi connectivity index (χ1n) is 6.29. The molecule has 0 spiro atoms. The highest BCUT2D eigenvalue weighted by atomic mass is 35.5. The molecule has 0 aliphatic heterocycles. The van der Waals surface area contributed by atoms with E-state index in [0.717, 1.165) is 5.56 Å². The molecule has 0 aliphatic rings. The molecular weight excluding hydrogens is 325 g/mol. The summed E-state index contributed by atoms with van der Waals surface area (Å²) < 4.78 is 5.36. The minimum absolute atomic E-state index is 0.134. The van der Waals surface area contributed by atoms with Crippen LogP contribution in [0, 0.1) is 0 Å². The fraction of sp³-hybridized carbons (Fsp3) is 0. The van der Waals surface area contributed by atoms with E-state index in [2.05, 4.69) is 15.5 Å². The maximum atomic E-state index is 12.1. The van der Waals surface area contributed by atoms with Gasteiger partial charge in [0.2, 0.25) is 5.89 Å². The van der Waals surface area contributed by atoms with Crippen molar-refractivity contribution in [2.75, 3.05) is 5.32 Å². The van der Waals surface area contributed by atoms with E-state index in [1.807, 2.05) is 30.3 Å². The van der Waals surface area contributed by atoms with Crippen LogP contribution in [0.25, 0.3) is 11.5 Å². The van der Waals surface area contributed by atoms with E-state index in [1.165, 1.54) is 6.07 Å². The van der Waals surface area contributed by atoms with Crippen molar-refractivity contribution in [3.05, 3.63) is 64.5 Å². The third-order valence-corrected chi connectivity index (χ3v) is 3.56. The summed E-state index contributed by atoms with van der Waals surface area (Å²) in [6.07, 6.45) is 0. The molecule has 0 unspecified atom stereocenters. The largest absolute Gasteiger partial charge is 0.412 e. The number of halogens is 2. The number of hydrogen-bond donors (Lipinski definition) is 1. The number of nitrogens with one attached hydrogen (secondary N) is 1. The van der Waals surface area contributed by atoms with Gasteiger partial charge in [0, 0.05) is 11.3 Å². The second-order valence-electron chi connectivity index (χ2n) is 4.36. The maximum absolute atomic E-state index is 12.1. The first kappa shape index (κ1) is 14.6. The Hall–Kier alpha value is -2.37. The lowest BCUT2D eigenvalue weighted by atomic mass is 10.2. The van der Waals surface area contributed by atoms with Gasteiger partial charge in [-0.25, -0.2) is 0 Å². The summed E-state index contributed by atoms with van der Waals surface area (Å²) in [5, 5.41) is 11.0. The highest BCUT2D eigenvalue weighted by Crippen LogP contribution is 2.25. The lowest BCUT2D eigenvalue weighted by molar-refractivity contribution is 0.0991. The Labute approximate surface area is 135 Å². The number of carbonyl (C=O) groups excluding carboxylic acids is 1. The molecule has 1 aromatic heterocycles. The Balaban J connectivity index is 1.78. The summed E-state index contributed by atoms with van der Waals surface area (Å²) in [6.45, 7) is 0. The van der Waals surface area contributed by atoms with E-state index in [-0.39, 0.29) is 11.8 Å². The number of aromatic nitrogens is 2. The fourth-order valence-corrected chi connectivity index (χ4v) is 2.07. The van der Waals surface area contributed by atoms with E-state index >= 15 is 0 Å². The number of rotatable bonds is 3. The van der Waals surface area contributed by atoms with E-state index in [4.69, 9.17) is 27.6 Å². The van der Waals surface area contributed by atoms with Gasteiger partial charge in [-0.05, 0) is 30.3 Å². The molecule has 5 nitrogen and oxygen atoms in total. The Kier molecular flexibility index (Phi) is 4.09. The van der Waals surface area contributed by atoms with Gasteiger partial charge in [0.15, 0.2) is 0 Å². The number of benzene rings is 2. The second kappa shape index (κ2) is 6.17. The number of amides is 1. The SMILES string of the molecule is O=C(Nc1ccc(Cl)c(Cl)c1)c1nnc(-c2ccccc2)o1. The number of nitrogens with zero attached hydrogens (tertiary/aromatic N) is 2. The average Bonchev–Trinajstić information content (AvgIpc) is 3.02. The van der Waals surface area contributed by atoms with Gasteiger partial charge in [-0.15, -0.1) is 10.2 Å². The van der Waals surface area contributed by atoms with Crippen molar-refractivity contribution < 1.29 is 9.21 Å². The predicted molar refractivity (Wildman–Crippen MR) is 84.1 cm³/mol. The zero-order valence-corrected chi connectivity index (χ0v) is 12.6. The third-order valence-electron chi connectivity index (χ3n) is 2.82. The van der Waals surface area contributed by atoms with Crippen LogP contribution in [0.1, 0.15) is 10.7 Å². The van der Waals surface area contributed by atoms with Gasteiger partial charge in [-0.1, -0.05) is 41.4 Å². The van der Waals surface area contributed by atoms with Gasteiger partial charge in [-0.3, -0.25) is 4.79 Å². The molecule has 0 fully saturated rings. The fourth-order valence-electron chi connectivity index (χ4n) is 1.77. The van der Waals surface area contributed by atoms with E-state index in [9.17, 15) is 4.79 Å². The zero-order valence-electron chi connectivity index (χ0n) is 11.1. The minimum Gasteiger partial charge on any atom is -0.412 e. The first-order valence-corrected chi connectivity index (χ1v) is 7.04. The quantitative estimate of drug-likeness (QED) is 0.776. The minimum atomic E-state index is -0.520. The number of hydrogen-bond acceptors (Lipinski definition) is 4. The Morgan fingerprint density at radius 2 is 1.77 bits per heavy atom. The summed E-state index contributed by atoms with van der Waals surface area (Å²) in [5.41, 5.74) is 1.22. The summed E-state index contributed by atoms with van der Waals surface area (Å²) in [7, 11) is 0. The molecule has 7 heteroatoms. The van der Waals surface area contributed by atoms with Gasteiger partial charge in [0.05, 0.1) is 10.0 Å². The van der Waals surface area contributed by atoms with Gasteiger partial charge in [0.25, 0.3) is 0 Å². The molecule has 1 amide bonds. The van der Waals surface area contributed by atoms with Crippen LogP contribution in [0.5, 0.6) is 0 Å². The number of anilines is 1. The van der Waals surface area contributed by atoms with Crippen LogP contribution in [-0.4, -0.2) is 16.1 Å². The van der Waals surface area contributed by atoms with Gasteiger partial charge in [0.1, 0.15) is 0 Å². The van der Waals surface area contributed by atoms with Crippen LogP contribution >= 0.6 is 23.2 Å². The lowest BCUT2D eigenvalue weighted by Gasteiger charge is -2.03. The molecule has 0 bridgehead atoms. The van der Waals surface area contributed by atoms with Crippen molar-refractivity contribution in [2.45, 2.75) is 0 Å².